The van der Waals surface area contributed by atoms with Crippen LogP contribution in [0.3, 0.4) is 0 Å². The van der Waals surface area contributed by atoms with E-state index in [0.29, 0.717) is 11.5 Å². The molecule has 1 atom stereocenters. The van der Waals surface area contributed by atoms with Crippen LogP contribution in [0.5, 0.6) is 11.5 Å². The number of hydrogen-bond donors (Lipinski definition) is 0. The molecule has 4 nitrogen and oxygen atoms in total. The second kappa shape index (κ2) is 9.85. The van der Waals surface area contributed by atoms with Gasteiger partial charge in [-0.1, -0.05) is 36.1 Å². The van der Waals surface area contributed by atoms with E-state index in [4.69, 9.17) is 14.2 Å². The summed E-state index contributed by atoms with van der Waals surface area (Å²) in [5, 5.41) is 0. The van der Waals surface area contributed by atoms with E-state index < -0.39 is 0 Å². The third kappa shape index (κ3) is 5.29. The van der Waals surface area contributed by atoms with Crippen LogP contribution in [0.1, 0.15) is 49.1 Å². The summed E-state index contributed by atoms with van der Waals surface area (Å²) in [4.78, 5) is 11.9. The summed E-state index contributed by atoms with van der Waals surface area (Å²) in [5.41, 5.74) is 1.83. The molecular formula is C24H26O4. The molecule has 0 aliphatic heterocycles. The lowest BCUT2D eigenvalue weighted by Crippen LogP contribution is -2.12. The smallest absolute Gasteiger partial charge is 0.307 e. The van der Waals surface area contributed by atoms with Crippen molar-refractivity contribution in [3.05, 3.63) is 59.7 Å². The minimum absolute atomic E-state index is 0.186. The van der Waals surface area contributed by atoms with Crippen LogP contribution >= 0.6 is 0 Å². The van der Waals surface area contributed by atoms with E-state index >= 15 is 0 Å². The highest BCUT2D eigenvalue weighted by molar-refractivity contribution is 5.71. The van der Waals surface area contributed by atoms with Gasteiger partial charge in [0.25, 0.3) is 0 Å². The van der Waals surface area contributed by atoms with Gasteiger partial charge in [0, 0.05) is 5.56 Å². The molecule has 0 heterocycles. The van der Waals surface area contributed by atoms with E-state index in [0.717, 1.165) is 24.0 Å². The summed E-state index contributed by atoms with van der Waals surface area (Å²) in [7, 11) is 3.03. The van der Waals surface area contributed by atoms with Crippen LogP contribution in [0, 0.1) is 11.8 Å². The standard InChI is InChI=1S/C24H26O4/c1-26-22-15-14-19(16-23(22)28-21-10-6-7-11-21)20(17-24(25)27-2)13-12-18-8-4-3-5-9-18/h3-5,8-9,14-16,20-21H,6-7,10-11,17H2,1-2H3/t20-/m1/s1. The second-order valence-corrected chi connectivity index (χ2v) is 6.90. The molecule has 0 bridgehead atoms. The van der Waals surface area contributed by atoms with E-state index in [1.807, 2.05) is 48.5 Å². The maximum absolute atomic E-state index is 11.9. The molecule has 1 fully saturated rings. The molecule has 1 saturated carbocycles. The molecule has 0 aromatic heterocycles. The molecule has 3 rings (SSSR count). The highest BCUT2D eigenvalue weighted by Gasteiger charge is 2.21. The molecule has 0 radical (unpaired) electrons. The van der Waals surface area contributed by atoms with Gasteiger partial charge in [-0.05, 0) is 55.5 Å². The average Bonchev–Trinajstić information content (AvgIpc) is 3.24. The minimum Gasteiger partial charge on any atom is -0.493 e. The number of carbonyl (C=O) groups is 1. The summed E-state index contributed by atoms with van der Waals surface area (Å²) >= 11 is 0. The van der Waals surface area contributed by atoms with Gasteiger partial charge < -0.3 is 14.2 Å². The SMILES string of the molecule is COC(=O)C[C@@H](C#Cc1ccccc1)c1ccc(OC)c(OC2CCCC2)c1. The Morgan fingerprint density at radius 2 is 1.82 bits per heavy atom. The zero-order chi connectivity index (χ0) is 19.8. The fourth-order valence-corrected chi connectivity index (χ4v) is 3.38. The first-order valence-corrected chi connectivity index (χ1v) is 9.67. The Bertz CT molecular complexity index is 842. The number of hydrogen-bond acceptors (Lipinski definition) is 4. The van der Waals surface area contributed by atoms with Gasteiger partial charge >= 0.3 is 5.97 Å². The van der Waals surface area contributed by atoms with Crippen molar-refractivity contribution in [2.45, 2.75) is 44.1 Å². The first kappa shape index (κ1) is 19.8. The maximum atomic E-state index is 11.9. The summed E-state index contributed by atoms with van der Waals surface area (Å²) in [6.45, 7) is 0. The van der Waals surface area contributed by atoms with Crippen molar-refractivity contribution in [3.63, 3.8) is 0 Å². The molecule has 1 aliphatic carbocycles. The van der Waals surface area contributed by atoms with Crippen molar-refractivity contribution in [2.24, 2.45) is 0 Å². The first-order valence-electron chi connectivity index (χ1n) is 9.67. The monoisotopic (exact) mass is 378 g/mol. The Balaban J connectivity index is 1.89. The van der Waals surface area contributed by atoms with E-state index in [2.05, 4.69) is 11.8 Å². The van der Waals surface area contributed by atoms with Crippen LogP contribution < -0.4 is 9.47 Å². The molecule has 146 valence electrons. The first-order chi connectivity index (χ1) is 13.7. The Kier molecular flexibility index (Phi) is 6.97. The Hall–Kier alpha value is -2.93. The van der Waals surface area contributed by atoms with Gasteiger partial charge in [-0.15, -0.1) is 0 Å². The summed E-state index contributed by atoms with van der Waals surface area (Å²) in [6.07, 6.45) is 4.92. The second-order valence-electron chi connectivity index (χ2n) is 6.90. The molecule has 0 N–H and O–H groups in total. The van der Waals surface area contributed by atoms with Crippen LogP contribution in [-0.2, 0) is 9.53 Å². The van der Waals surface area contributed by atoms with Gasteiger partial charge in [-0.3, -0.25) is 4.79 Å². The van der Waals surface area contributed by atoms with Crippen molar-refractivity contribution in [3.8, 4) is 23.3 Å². The minimum atomic E-state index is -0.290. The zero-order valence-electron chi connectivity index (χ0n) is 16.4. The van der Waals surface area contributed by atoms with E-state index in [1.165, 1.54) is 20.0 Å². The molecule has 0 amide bonds. The topological polar surface area (TPSA) is 44.8 Å². The predicted molar refractivity (Wildman–Crippen MR) is 109 cm³/mol. The van der Waals surface area contributed by atoms with Crippen molar-refractivity contribution >= 4 is 5.97 Å². The van der Waals surface area contributed by atoms with Gasteiger partial charge in [0.05, 0.1) is 32.7 Å². The summed E-state index contributed by atoms with van der Waals surface area (Å²) in [5.74, 6) is 7.22. The van der Waals surface area contributed by atoms with Gasteiger partial charge in [0.2, 0.25) is 0 Å². The fourth-order valence-electron chi connectivity index (χ4n) is 3.38. The Morgan fingerprint density at radius 1 is 1.07 bits per heavy atom. The third-order valence-corrected chi connectivity index (χ3v) is 4.95. The molecule has 2 aromatic carbocycles. The van der Waals surface area contributed by atoms with Gasteiger partial charge in [0.15, 0.2) is 11.5 Å². The molecule has 0 saturated heterocycles. The molecule has 4 heteroatoms. The Labute approximate surface area is 166 Å². The van der Waals surface area contributed by atoms with Crippen molar-refractivity contribution < 1.29 is 19.0 Å². The van der Waals surface area contributed by atoms with Crippen LogP contribution in [0.4, 0.5) is 0 Å². The van der Waals surface area contributed by atoms with E-state index in [9.17, 15) is 4.79 Å². The number of rotatable bonds is 6. The zero-order valence-corrected chi connectivity index (χ0v) is 16.4. The molecule has 0 unspecified atom stereocenters. The number of carbonyl (C=O) groups excluding carboxylic acids is 1. The third-order valence-electron chi connectivity index (χ3n) is 4.95. The van der Waals surface area contributed by atoms with Gasteiger partial charge in [-0.25, -0.2) is 0 Å². The number of benzene rings is 2. The van der Waals surface area contributed by atoms with Crippen LogP contribution in [-0.4, -0.2) is 26.3 Å². The molecule has 28 heavy (non-hydrogen) atoms. The lowest BCUT2D eigenvalue weighted by molar-refractivity contribution is -0.140. The van der Waals surface area contributed by atoms with E-state index in [-0.39, 0.29) is 24.4 Å². The molecule has 0 spiro atoms. The van der Waals surface area contributed by atoms with Crippen LogP contribution in [0.15, 0.2) is 48.5 Å². The van der Waals surface area contributed by atoms with Crippen molar-refractivity contribution in [1.29, 1.82) is 0 Å². The number of esters is 1. The maximum Gasteiger partial charge on any atom is 0.307 e. The van der Waals surface area contributed by atoms with Gasteiger partial charge in [-0.2, -0.15) is 0 Å². The lowest BCUT2D eigenvalue weighted by atomic mass is 9.95. The van der Waals surface area contributed by atoms with Gasteiger partial charge in [0.1, 0.15) is 0 Å². The summed E-state index contributed by atoms with van der Waals surface area (Å²) in [6, 6.07) is 15.5. The molecule has 1 aliphatic rings. The highest BCUT2D eigenvalue weighted by atomic mass is 16.5. The van der Waals surface area contributed by atoms with Crippen LogP contribution in [0.2, 0.25) is 0 Å². The Morgan fingerprint density at radius 3 is 2.50 bits per heavy atom. The average molecular weight is 378 g/mol. The molecule has 2 aromatic rings. The quantitative estimate of drug-likeness (QED) is 0.539. The predicted octanol–water partition coefficient (Wildman–Crippen LogP) is 4.72. The highest BCUT2D eigenvalue weighted by Crippen LogP contribution is 2.35. The normalized spacial score (nSPS) is 14.6. The van der Waals surface area contributed by atoms with Crippen molar-refractivity contribution in [1.82, 2.24) is 0 Å². The fraction of sp³-hybridized carbons (Fsp3) is 0.375. The number of ether oxygens (including phenoxy) is 3. The summed E-state index contributed by atoms with van der Waals surface area (Å²) < 4.78 is 16.5. The van der Waals surface area contributed by atoms with E-state index in [1.54, 1.807) is 7.11 Å². The van der Waals surface area contributed by atoms with Crippen molar-refractivity contribution in [2.75, 3.05) is 14.2 Å². The number of methoxy groups -OCH3 is 2. The molecular weight excluding hydrogens is 352 g/mol. The lowest BCUT2D eigenvalue weighted by Gasteiger charge is -2.18. The van der Waals surface area contributed by atoms with Crippen LogP contribution in [0.25, 0.3) is 0 Å². The largest absolute Gasteiger partial charge is 0.493 e.